The molecule has 4 N–H and O–H groups in total. The van der Waals surface area contributed by atoms with Gasteiger partial charge in [0, 0.05) is 25.9 Å². The molecule has 39 heteroatoms. The first kappa shape index (κ1) is 132. The van der Waals surface area contributed by atoms with Crippen molar-refractivity contribution in [3.63, 3.8) is 0 Å². The van der Waals surface area contributed by atoms with Gasteiger partial charge in [0.15, 0.2) is 6.10 Å². The molecule has 38 nitrogen and oxygen atoms in total. The molecule has 0 aliphatic rings. The van der Waals surface area contributed by atoms with Crippen LogP contribution in [-0.2, 0) is 161 Å². The third-order valence-electron chi connectivity index (χ3n) is 19.8. The summed E-state index contributed by atoms with van der Waals surface area (Å²) in [6, 6.07) is 0. The molecule has 0 aliphatic heterocycles. The Morgan fingerprint density at radius 3 is 0.622 bits per heavy atom. The number of ether oxygens (including phenoxy) is 29. The summed E-state index contributed by atoms with van der Waals surface area (Å²) in [5.41, 5.74) is 5.36. The lowest BCUT2D eigenvalue weighted by Crippen LogP contribution is -2.30. The van der Waals surface area contributed by atoms with E-state index in [0.29, 0.717) is 350 Å². The van der Waals surface area contributed by atoms with Crippen LogP contribution >= 0.6 is 7.82 Å². The van der Waals surface area contributed by atoms with E-state index < -0.39 is 38.6 Å². The van der Waals surface area contributed by atoms with Crippen molar-refractivity contribution in [1.82, 2.24) is 5.32 Å². The number of phosphoric ester groups is 1. The third kappa shape index (κ3) is 118. The van der Waals surface area contributed by atoms with Crippen LogP contribution in [0.5, 0.6) is 0 Å². The fourth-order valence-corrected chi connectivity index (χ4v) is 13.1. The molecule has 0 spiro atoms. The summed E-state index contributed by atoms with van der Waals surface area (Å²) in [6.45, 7) is 27.3. The highest BCUT2D eigenvalue weighted by Crippen LogP contribution is 2.43. The lowest BCUT2D eigenvalue weighted by Gasteiger charge is -2.20. The molecule has 0 aromatic carbocycles. The van der Waals surface area contributed by atoms with Crippen molar-refractivity contribution < 1.29 is 170 Å². The topological polar surface area (TPSA) is 413 Å². The molecule has 0 rings (SSSR count). The van der Waals surface area contributed by atoms with Crippen LogP contribution in [0.1, 0.15) is 219 Å². The number of amides is 1. The summed E-state index contributed by atoms with van der Waals surface area (Å²) in [5.74, 6) is -0.937. The summed E-state index contributed by atoms with van der Waals surface area (Å²) in [5, 5.41) is 2.43. The molecule has 806 valence electrons. The molecular formula is C96H191N2O36P. The minimum absolute atomic E-state index is 0.0402. The van der Waals surface area contributed by atoms with E-state index in [0.717, 1.165) is 38.5 Å². The monoisotopic (exact) mass is 1980 g/mol. The Balaban J connectivity index is 3.58. The molecular weight excluding hydrogens is 1790 g/mol. The fraction of sp³-hybridized carbons (Fsp3) is 0.969. The van der Waals surface area contributed by atoms with E-state index in [4.69, 9.17) is 152 Å². The molecule has 0 saturated carbocycles. The zero-order chi connectivity index (χ0) is 97.1. The highest BCUT2D eigenvalue weighted by molar-refractivity contribution is 7.47. The average molecular weight is 1980 g/mol. The van der Waals surface area contributed by atoms with Crippen LogP contribution in [0.3, 0.4) is 0 Å². The number of rotatable bonds is 122. The second-order valence-electron chi connectivity index (χ2n) is 31.6. The summed E-state index contributed by atoms with van der Waals surface area (Å²) in [7, 11) is -4.67. The first-order valence-corrected chi connectivity index (χ1v) is 52.8. The average Bonchev–Trinajstić information content (AvgIpc) is 0.905. The number of carbonyl (C=O) groups excluding carboxylic acids is 3. The number of nitrogens with one attached hydrogen (secondary N) is 1. The Kier molecular flexibility index (Phi) is 116. The number of nitrogens with two attached hydrogens (primary N) is 1. The molecule has 0 aliphatic carbocycles. The predicted octanol–water partition coefficient (Wildman–Crippen LogP) is 12.2. The summed E-state index contributed by atoms with van der Waals surface area (Å²) in [6.07, 6.45) is 34.8. The van der Waals surface area contributed by atoms with E-state index in [9.17, 15) is 23.8 Å². The van der Waals surface area contributed by atoms with Crippen LogP contribution in [-0.4, -0.2) is 412 Å². The van der Waals surface area contributed by atoms with Gasteiger partial charge in [-0.05, 0) is 12.8 Å². The fourth-order valence-electron chi connectivity index (χ4n) is 12.4. The van der Waals surface area contributed by atoms with E-state index in [1.165, 1.54) is 141 Å². The van der Waals surface area contributed by atoms with Crippen molar-refractivity contribution in [2.24, 2.45) is 5.73 Å². The number of unbranched alkanes of at least 4 members (excludes halogenated alkanes) is 28. The van der Waals surface area contributed by atoms with Gasteiger partial charge in [0.25, 0.3) is 0 Å². The highest BCUT2D eigenvalue weighted by atomic mass is 31.2. The Morgan fingerprint density at radius 2 is 0.415 bits per heavy atom. The number of phosphoric acid groups is 1. The number of hydrogen-bond donors (Lipinski definition) is 3. The summed E-state index contributed by atoms with van der Waals surface area (Å²) in [4.78, 5) is 48.3. The first-order chi connectivity index (χ1) is 66.7. The van der Waals surface area contributed by atoms with E-state index in [1.807, 2.05) is 0 Å². The predicted molar refractivity (Wildman–Crippen MR) is 511 cm³/mol. The number of esters is 2. The maximum absolute atomic E-state index is 12.9. The van der Waals surface area contributed by atoms with Gasteiger partial charge in [-0.2, -0.15) is 0 Å². The third-order valence-corrected chi connectivity index (χ3v) is 20.8. The van der Waals surface area contributed by atoms with Gasteiger partial charge >= 0.3 is 25.9 Å². The highest BCUT2D eigenvalue weighted by Gasteiger charge is 2.27. The van der Waals surface area contributed by atoms with Crippen LogP contribution in [0, 0.1) is 0 Å². The minimum atomic E-state index is -4.67. The molecule has 0 saturated heterocycles. The Morgan fingerprint density at radius 1 is 0.230 bits per heavy atom. The van der Waals surface area contributed by atoms with Gasteiger partial charge in [-0.3, -0.25) is 18.6 Å². The molecule has 1 amide bonds. The Bertz CT molecular complexity index is 2340. The van der Waals surface area contributed by atoms with Crippen molar-refractivity contribution in [2.45, 2.75) is 225 Å². The van der Waals surface area contributed by atoms with Gasteiger partial charge in [0.2, 0.25) is 0 Å². The van der Waals surface area contributed by atoms with Crippen LogP contribution in [0.15, 0.2) is 0 Å². The van der Waals surface area contributed by atoms with Crippen molar-refractivity contribution in [3.8, 4) is 0 Å². The molecule has 0 radical (unpaired) electrons. The largest absolute Gasteiger partial charge is 0.472 e. The van der Waals surface area contributed by atoms with E-state index in [-0.39, 0.29) is 52.4 Å². The molecule has 0 aromatic heterocycles. The standard InChI is InChI=1S/C96H191N2O36P/c1-3-5-7-9-11-13-15-17-19-21-23-25-27-29-31-33-94(99)131-91-93(134-95(100)34-32-30-28-26-24-22-20-18-16-14-12-10-8-6-4-2)92-133-135(102,103)132-38-36-98-96(101)130-90-89-129-88-87-128-86-85-127-84-83-126-82-81-125-80-79-124-78-77-123-76-75-122-74-73-121-72-71-120-70-69-119-68-67-118-66-65-117-64-63-116-62-61-115-60-59-114-58-57-113-56-55-112-54-53-111-52-51-110-50-49-109-48-47-108-46-45-107-44-43-106-42-41-105-40-39-104-37-35-97/h93H,3-92,97H2,1-2H3,(H,98,101)(H,102,103)/t93-/m1/s1. The van der Waals surface area contributed by atoms with Crippen molar-refractivity contribution in [2.75, 3.05) is 383 Å². The second kappa shape index (κ2) is 118. The lowest BCUT2D eigenvalue weighted by molar-refractivity contribution is -0.161. The van der Waals surface area contributed by atoms with E-state index in [2.05, 4.69) is 19.2 Å². The van der Waals surface area contributed by atoms with Gasteiger partial charge in [-0.25, -0.2) is 9.36 Å². The van der Waals surface area contributed by atoms with Crippen LogP contribution < -0.4 is 11.1 Å². The SMILES string of the molecule is CCCCCCCCCCCCCCCCCC(=O)OC[C@H](COP(=O)(O)OCCNC(=O)OCCOCCOCCOCCOCCOCCOCCOCCOCCOCCOCCOCCOCCOCCOCCOCCOCCOCCOCCOCCOCCOCCOCCOCCOCCOCCOCCN)OC(=O)CCCCCCCCCCCCCCCCC. The maximum Gasteiger partial charge on any atom is 0.472 e. The second-order valence-corrected chi connectivity index (χ2v) is 33.0. The molecule has 1 unspecified atom stereocenters. The van der Waals surface area contributed by atoms with E-state index in [1.54, 1.807) is 0 Å². The van der Waals surface area contributed by atoms with Gasteiger partial charge in [0.1, 0.15) is 13.2 Å². The van der Waals surface area contributed by atoms with Gasteiger partial charge < -0.3 is 153 Å². The Labute approximate surface area is 812 Å². The molecule has 135 heavy (non-hydrogen) atoms. The summed E-state index contributed by atoms with van der Waals surface area (Å²) >= 11 is 0. The van der Waals surface area contributed by atoms with Crippen LogP contribution in [0.25, 0.3) is 0 Å². The van der Waals surface area contributed by atoms with Gasteiger partial charge in [0.05, 0.1) is 357 Å². The summed E-state index contributed by atoms with van der Waals surface area (Å²) < 4.78 is 183. The number of hydrogen-bond acceptors (Lipinski definition) is 36. The quantitative estimate of drug-likeness (QED) is 0.0220. The van der Waals surface area contributed by atoms with Gasteiger partial charge in [-0.1, -0.05) is 194 Å². The lowest BCUT2D eigenvalue weighted by atomic mass is 10.0. The van der Waals surface area contributed by atoms with Gasteiger partial charge in [-0.15, -0.1) is 0 Å². The van der Waals surface area contributed by atoms with Crippen molar-refractivity contribution in [1.29, 1.82) is 0 Å². The molecule has 0 bridgehead atoms. The smallest absolute Gasteiger partial charge is 0.462 e. The zero-order valence-electron chi connectivity index (χ0n) is 84.0. The molecule has 0 fully saturated rings. The van der Waals surface area contributed by atoms with Crippen LogP contribution in [0.4, 0.5) is 4.79 Å². The van der Waals surface area contributed by atoms with Crippen molar-refractivity contribution >= 4 is 25.9 Å². The van der Waals surface area contributed by atoms with E-state index >= 15 is 0 Å². The zero-order valence-corrected chi connectivity index (χ0v) is 84.9. The molecule has 0 aromatic rings. The number of alkyl carbamates (subject to hydrolysis) is 1. The Hall–Kier alpha value is -2.76. The minimum Gasteiger partial charge on any atom is -0.462 e. The normalized spacial score (nSPS) is 12.4. The van der Waals surface area contributed by atoms with Crippen LogP contribution in [0.2, 0.25) is 0 Å². The number of carbonyl (C=O) groups is 3. The first-order valence-electron chi connectivity index (χ1n) is 51.3. The maximum atomic E-state index is 12.9. The molecule has 0 heterocycles. The molecule has 2 atom stereocenters. The van der Waals surface area contributed by atoms with Crippen molar-refractivity contribution in [3.05, 3.63) is 0 Å².